The van der Waals surface area contributed by atoms with Crippen LogP contribution < -0.4 is 9.75 Å². The summed E-state index contributed by atoms with van der Waals surface area (Å²) in [6, 6.07) is 28.5. The molecule has 1 amide bonds. The second kappa shape index (κ2) is 7.67. The molecule has 2 unspecified atom stereocenters. The van der Waals surface area contributed by atoms with Gasteiger partial charge in [-0.25, -0.2) is 4.68 Å². The van der Waals surface area contributed by atoms with Crippen molar-refractivity contribution in [2.45, 2.75) is 25.4 Å². The number of carbonyl (C=O) groups is 1. The molecule has 0 saturated heterocycles. The molecule has 0 aliphatic carbocycles. The molecule has 2 atom stereocenters. The molecule has 3 aromatic carbocycles. The number of fused-ring (bicyclic) bond motifs is 1. The predicted octanol–water partition coefficient (Wildman–Crippen LogP) is 4.74. The standard InChI is InChI=1S/C28H21N5O2/c1-18-24-25(21-15-13-20(17-29)14-16-21)28(35-26(24)32(30-18)22-9-5-3-6-10-22)19(2)31-33(27(28)34)23-11-7-4-8-12-23/h3-16,25H,1-2H3. The number of rotatable bonds is 3. The summed E-state index contributed by atoms with van der Waals surface area (Å²) in [6.45, 7) is 3.76. The summed E-state index contributed by atoms with van der Waals surface area (Å²) < 4.78 is 8.43. The lowest BCUT2D eigenvalue weighted by Crippen LogP contribution is -2.53. The highest BCUT2D eigenvalue weighted by Gasteiger charge is 2.64. The number of benzene rings is 3. The molecule has 6 rings (SSSR count). The molecule has 0 fully saturated rings. The van der Waals surface area contributed by atoms with Crippen LogP contribution in [-0.4, -0.2) is 27.0 Å². The largest absolute Gasteiger partial charge is 0.453 e. The molecule has 7 heteroatoms. The van der Waals surface area contributed by atoms with Crippen LogP contribution in [0.1, 0.15) is 35.2 Å². The highest BCUT2D eigenvalue weighted by molar-refractivity contribution is 6.23. The Morgan fingerprint density at radius 2 is 1.54 bits per heavy atom. The third-order valence-corrected chi connectivity index (χ3v) is 6.69. The maximum atomic E-state index is 14.2. The van der Waals surface area contributed by atoms with Crippen LogP contribution in [0.15, 0.2) is 90.0 Å². The number of carbonyl (C=O) groups excluding carboxylic acids is 1. The highest BCUT2D eigenvalue weighted by atomic mass is 16.5. The third kappa shape index (κ3) is 2.93. The van der Waals surface area contributed by atoms with Crippen LogP contribution in [0.25, 0.3) is 5.69 Å². The van der Waals surface area contributed by atoms with E-state index in [-0.39, 0.29) is 5.91 Å². The van der Waals surface area contributed by atoms with Crippen molar-refractivity contribution in [2.75, 3.05) is 5.01 Å². The van der Waals surface area contributed by atoms with E-state index in [4.69, 9.17) is 9.84 Å². The molecule has 0 radical (unpaired) electrons. The second-order valence-electron chi connectivity index (χ2n) is 8.69. The molecule has 4 aromatic rings. The maximum absolute atomic E-state index is 14.2. The van der Waals surface area contributed by atoms with Crippen molar-refractivity contribution in [3.63, 3.8) is 0 Å². The van der Waals surface area contributed by atoms with E-state index in [2.05, 4.69) is 11.2 Å². The Kier molecular flexibility index (Phi) is 4.58. The van der Waals surface area contributed by atoms with Gasteiger partial charge in [0.2, 0.25) is 11.5 Å². The second-order valence-corrected chi connectivity index (χ2v) is 8.69. The van der Waals surface area contributed by atoms with Gasteiger partial charge >= 0.3 is 0 Å². The van der Waals surface area contributed by atoms with Crippen molar-refractivity contribution in [2.24, 2.45) is 5.10 Å². The first-order valence-corrected chi connectivity index (χ1v) is 11.3. The summed E-state index contributed by atoms with van der Waals surface area (Å²) in [5, 5.41) is 20.2. The van der Waals surface area contributed by atoms with Crippen molar-refractivity contribution in [1.29, 1.82) is 5.26 Å². The molecule has 2 aliphatic heterocycles. The quantitative estimate of drug-likeness (QED) is 0.443. The van der Waals surface area contributed by atoms with Crippen molar-refractivity contribution < 1.29 is 9.53 Å². The Labute approximate surface area is 202 Å². The third-order valence-electron chi connectivity index (χ3n) is 6.69. The number of amides is 1. The lowest BCUT2D eigenvalue weighted by Gasteiger charge is -2.30. The molecular formula is C28H21N5O2. The summed E-state index contributed by atoms with van der Waals surface area (Å²) in [5.74, 6) is -0.209. The maximum Gasteiger partial charge on any atom is 0.298 e. The molecule has 1 spiro atoms. The van der Waals surface area contributed by atoms with E-state index in [9.17, 15) is 10.1 Å². The van der Waals surface area contributed by atoms with E-state index in [1.165, 1.54) is 5.01 Å². The minimum Gasteiger partial charge on any atom is -0.453 e. The summed E-state index contributed by atoms with van der Waals surface area (Å²) in [6.07, 6.45) is 0. The number of aryl methyl sites for hydroxylation is 1. The number of para-hydroxylation sites is 2. The fourth-order valence-electron chi connectivity index (χ4n) is 5.03. The van der Waals surface area contributed by atoms with Crippen LogP contribution in [0, 0.1) is 18.3 Å². The van der Waals surface area contributed by atoms with Gasteiger partial charge in [-0.2, -0.15) is 20.5 Å². The van der Waals surface area contributed by atoms with E-state index < -0.39 is 11.5 Å². The fourth-order valence-corrected chi connectivity index (χ4v) is 5.03. The number of nitrogens with zero attached hydrogens (tertiary/aromatic N) is 5. The van der Waals surface area contributed by atoms with Gasteiger partial charge in [0.05, 0.1) is 40.3 Å². The zero-order valence-electron chi connectivity index (χ0n) is 19.2. The van der Waals surface area contributed by atoms with Gasteiger partial charge in [0, 0.05) is 5.56 Å². The molecule has 35 heavy (non-hydrogen) atoms. The van der Waals surface area contributed by atoms with Gasteiger partial charge in [0.25, 0.3) is 5.91 Å². The Balaban J connectivity index is 1.57. The smallest absolute Gasteiger partial charge is 0.298 e. The average molecular weight is 460 g/mol. The van der Waals surface area contributed by atoms with E-state index in [1.807, 2.05) is 86.6 Å². The molecule has 0 N–H and O–H groups in total. The zero-order valence-corrected chi connectivity index (χ0v) is 19.2. The van der Waals surface area contributed by atoms with Gasteiger partial charge < -0.3 is 4.74 Å². The van der Waals surface area contributed by atoms with Gasteiger partial charge in [-0.05, 0) is 55.8 Å². The molecule has 3 heterocycles. The van der Waals surface area contributed by atoms with Crippen LogP contribution >= 0.6 is 0 Å². The molecular weight excluding hydrogens is 438 g/mol. The molecule has 1 aromatic heterocycles. The first kappa shape index (κ1) is 20.9. The predicted molar refractivity (Wildman–Crippen MR) is 132 cm³/mol. The van der Waals surface area contributed by atoms with Gasteiger partial charge in [-0.3, -0.25) is 4.79 Å². The van der Waals surface area contributed by atoms with Crippen molar-refractivity contribution in [3.8, 4) is 17.6 Å². The van der Waals surface area contributed by atoms with Crippen molar-refractivity contribution in [3.05, 3.63) is 107 Å². The van der Waals surface area contributed by atoms with Gasteiger partial charge in [0.15, 0.2) is 0 Å². The Bertz CT molecular complexity index is 1520. The van der Waals surface area contributed by atoms with Gasteiger partial charge in [-0.1, -0.05) is 48.5 Å². The number of nitriles is 1. The van der Waals surface area contributed by atoms with Crippen LogP contribution in [0.4, 0.5) is 5.69 Å². The first-order valence-electron chi connectivity index (χ1n) is 11.3. The molecule has 0 saturated carbocycles. The topological polar surface area (TPSA) is 83.5 Å². The number of aromatic nitrogens is 2. The van der Waals surface area contributed by atoms with Crippen LogP contribution in [-0.2, 0) is 4.79 Å². The molecule has 2 aliphatic rings. The van der Waals surface area contributed by atoms with Crippen molar-refractivity contribution in [1.82, 2.24) is 9.78 Å². The molecule has 0 bridgehead atoms. The van der Waals surface area contributed by atoms with E-state index in [1.54, 1.807) is 16.8 Å². The number of anilines is 1. The SMILES string of the molecule is CC1=NN(c2ccccc2)C(=O)C12Oc1c(c(C)nn1-c1ccccc1)C2c1ccc(C#N)cc1. The van der Waals surface area contributed by atoms with Crippen LogP contribution in [0.5, 0.6) is 5.88 Å². The van der Waals surface area contributed by atoms with Crippen molar-refractivity contribution >= 4 is 17.3 Å². The fraction of sp³-hybridized carbons (Fsp3) is 0.143. The normalized spacial score (nSPS) is 20.5. The van der Waals surface area contributed by atoms with Crippen LogP contribution in [0.3, 0.4) is 0 Å². The minimum atomic E-state index is -1.36. The summed E-state index contributed by atoms with van der Waals surface area (Å²) in [4.78, 5) is 14.2. The average Bonchev–Trinajstić information content (AvgIpc) is 3.51. The van der Waals surface area contributed by atoms with Gasteiger partial charge in [-0.15, -0.1) is 0 Å². The van der Waals surface area contributed by atoms with E-state index in [0.29, 0.717) is 22.8 Å². The number of ether oxygens (including phenoxy) is 1. The summed E-state index contributed by atoms with van der Waals surface area (Å²) in [5.41, 5.74) is 3.74. The Morgan fingerprint density at radius 3 is 2.17 bits per heavy atom. The molecule has 170 valence electrons. The number of hydrogen-bond donors (Lipinski definition) is 0. The van der Waals surface area contributed by atoms with Gasteiger partial charge in [0.1, 0.15) is 0 Å². The highest BCUT2D eigenvalue weighted by Crippen LogP contribution is 2.53. The Morgan fingerprint density at radius 1 is 0.914 bits per heavy atom. The first-order chi connectivity index (χ1) is 17.0. The Hall–Kier alpha value is -4.70. The number of hydrogen-bond acceptors (Lipinski definition) is 5. The lowest BCUT2D eigenvalue weighted by molar-refractivity contribution is -0.127. The minimum absolute atomic E-state index is 0.259. The summed E-state index contributed by atoms with van der Waals surface area (Å²) in [7, 11) is 0. The molecule has 7 nitrogen and oxygen atoms in total. The van der Waals surface area contributed by atoms with Crippen LogP contribution in [0.2, 0.25) is 0 Å². The van der Waals surface area contributed by atoms with E-state index >= 15 is 0 Å². The number of hydrazone groups is 1. The monoisotopic (exact) mass is 459 g/mol. The summed E-state index contributed by atoms with van der Waals surface area (Å²) >= 11 is 0. The van der Waals surface area contributed by atoms with E-state index in [0.717, 1.165) is 22.5 Å². The lowest BCUT2D eigenvalue weighted by atomic mass is 9.76. The zero-order chi connectivity index (χ0) is 24.2.